The molecule has 0 radical (unpaired) electrons. The normalized spacial score (nSPS) is 18.2. The Hall–Kier alpha value is -1.47. The molecule has 1 fully saturated rings. The number of hydrogen-bond acceptors (Lipinski definition) is 4. The van der Waals surface area contributed by atoms with Crippen LogP contribution in [0.1, 0.15) is 19.3 Å². The van der Waals surface area contributed by atoms with Crippen molar-refractivity contribution >= 4 is 20.8 Å². The first-order valence-corrected chi connectivity index (χ1v) is 9.81. The summed E-state index contributed by atoms with van der Waals surface area (Å²) in [6, 6.07) is 12.9. The molecule has 2 aromatic rings. The Morgan fingerprint density at radius 1 is 1.17 bits per heavy atom. The van der Waals surface area contributed by atoms with Gasteiger partial charge < -0.3 is 9.47 Å². The first kappa shape index (κ1) is 17.4. The fourth-order valence-electron chi connectivity index (χ4n) is 2.79. The molecule has 1 unspecified atom stereocenters. The quantitative estimate of drug-likeness (QED) is 0.744. The molecule has 0 amide bonds. The minimum atomic E-state index is -3.48. The Bertz CT molecular complexity index is 769. The zero-order valence-electron chi connectivity index (χ0n) is 13.6. The van der Waals surface area contributed by atoms with E-state index in [0.29, 0.717) is 31.1 Å². The molecule has 0 aromatic heterocycles. The molecule has 24 heavy (non-hydrogen) atoms. The molecule has 3 rings (SSSR count). The molecule has 1 N–H and O–H groups in total. The van der Waals surface area contributed by atoms with Gasteiger partial charge in [-0.05, 0) is 42.2 Å². The molecule has 2 aromatic carbocycles. The van der Waals surface area contributed by atoms with Crippen molar-refractivity contribution in [3.05, 3.63) is 42.5 Å². The summed E-state index contributed by atoms with van der Waals surface area (Å²) >= 11 is 0. The Morgan fingerprint density at radius 3 is 2.79 bits per heavy atom. The van der Waals surface area contributed by atoms with Crippen LogP contribution in [0.3, 0.4) is 0 Å². The first-order chi connectivity index (χ1) is 11.6. The van der Waals surface area contributed by atoms with Crippen molar-refractivity contribution in [3.8, 4) is 0 Å². The zero-order chi connectivity index (χ0) is 16.8. The maximum absolute atomic E-state index is 12.3. The van der Waals surface area contributed by atoms with Gasteiger partial charge in [0.05, 0.1) is 17.6 Å². The summed E-state index contributed by atoms with van der Waals surface area (Å²) in [6.07, 6.45) is 2.99. The Balaban J connectivity index is 1.46. The van der Waals surface area contributed by atoms with Crippen LogP contribution in [0.25, 0.3) is 10.8 Å². The van der Waals surface area contributed by atoms with E-state index in [1.54, 1.807) is 12.1 Å². The van der Waals surface area contributed by atoms with Crippen LogP contribution in [-0.4, -0.2) is 40.9 Å². The standard InChI is InChI=1S/C18H23NO4S/c20-24(21,18-9-8-15-5-1-2-6-16(15)13-18)19-10-4-11-22-14-17-7-3-12-23-17/h1-2,5-6,8-9,13,17,19H,3-4,7,10-12,14H2. The Labute approximate surface area is 143 Å². The molecule has 0 aliphatic carbocycles. The summed E-state index contributed by atoms with van der Waals surface area (Å²) in [4.78, 5) is 0.293. The monoisotopic (exact) mass is 349 g/mol. The summed E-state index contributed by atoms with van der Waals surface area (Å²) in [5, 5.41) is 1.94. The van der Waals surface area contributed by atoms with Gasteiger partial charge in [0.2, 0.25) is 10.0 Å². The van der Waals surface area contributed by atoms with E-state index in [0.717, 1.165) is 30.2 Å². The largest absolute Gasteiger partial charge is 0.379 e. The molecule has 0 spiro atoms. The van der Waals surface area contributed by atoms with Gasteiger partial charge in [0.15, 0.2) is 0 Å². The van der Waals surface area contributed by atoms with E-state index in [4.69, 9.17) is 9.47 Å². The highest BCUT2D eigenvalue weighted by Crippen LogP contribution is 2.18. The van der Waals surface area contributed by atoms with Crippen molar-refractivity contribution < 1.29 is 17.9 Å². The lowest BCUT2D eigenvalue weighted by molar-refractivity contribution is 0.0169. The van der Waals surface area contributed by atoms with E-state index < -0.39 is 10.0 Å². The fraction of sp³-hybridized carbons (Fsp3) is 0.444. The summed E-state index contributed by atoms with van der Waals surface area (Å²) in [5.74, 6) is 0. The highest BCUT2D eigenvalue weighted by atomic mass is 32.2. The van der Waals surface area contributed by atoms with Gasteiger partial charge in [-0.2, -0.15) is 0 Å². The lowest BCUT2D eigenvalue weighted by Crippen LogP contribution is -2.26. The molecule has 0 saturated carbocycles. The number of ether oxygens (including phenoxy) is 2. The maximum Gasteiger partial charge on any atom is 0.240 e. The van der Waals surface area contributed by atoms with E-state index in [-0.39, 0.29) is 6.10 Å². The molecule has 5 nitrogen and oxygen atoms in total. The van der Waals surface area contributed by atoms with Gasteiger partial charge in [-0.25, -0.2) is 13.1 Å². The lowest BCUT2D eigenvalue weighted by atomic mass is 10.1. The van der Waals surface area contributed by atoms with E-state index in [2.05, 4.69) is 4.72 Å². The van der Waals surface area contributed by atoms with Crippen LogP contribution in [0.5, 0.6) is 0 Å². The van der Waals surface area contributed by atoms with Gasteiger partial charge in [0.1, 0.15) is 0 Å². The van der Waals surface area contributed by atoms with E-state index in [1.807, 2.05) is 30.3 Å². The maximum atomic E-state index is 12.3. The van der Waals surface area contributed by atoms with Crippen molar-refractivity contribution in [1.29, 1.82) is 0 Å². The minimum absolute atomic E-state index is 0.208. The summed E-state index contributed by atoms with van der Waals surface area (Å²) < 4.78 is 38.3. The van der Waals surface area contributed by atoms with Gasteiger partial charge in [-0.15, -0.1) is 0 Å². The van der Waals surface area contributed by atoms with Crippen LogP contribution in [0.4, 0.5) is 0 Å². The van der Waals surface area contributed by atoms with Crippen LogP contribution in [0.2, 0.25) is 0 Å². The second-order valence-corrected chi connectivity index (χ2v) is 7.74. The molecule has 1 aliphatic rings. The number of rotatable bonds is 8. The first-order valence-electron chi connectivity index (χ1n) is 8.33. The third kappa shape index (κ3) is 4.54. The topological polar surface area (TPSA) is 64.6 Å². The molecule has 0 bridgehead atoms. The molecule has 1 heterocycles. The van der Waals surface area contributed by atoms with Gasteiger partial charge in [0, 0.05) is 19.8 Å². The molecule has 1 aliphatic heterocycles. The predicted octanol–water partition coefficient (Wildman–Crippen LogP) is 2.70. The highest BCUT2D eigenvalue weighted by molar-refractivity contribution is 7.89. The van der Waals surface area contributed by atoms with Crippen LogP contribution in [0.15, 0.2) is 47.4 Å². The Morgan fingerprint density at radius 2 is 2.00 bits per heavy atom. The number of hydrogen-bond donors (Lipinski definition) is 1. The van der Waals surface area contributed by atoms with Crippen molar-refractivity contribution in [1.82, 2.24) is 4.72 Å². The number of benzene rings is 2. The van der Waals surface area contributed by atoms with Crippen molar-refractivity contribution in [3.63, 3.8) is 0 Å². The van der Waals surface area contributed by atoms with Gasteiger partial charge in [0.25, 0.3) is 0 Å². The fourth-order valence-corrected chi connectivity index (χ4v) is 3.90. The molecular weight excluding hydrogens is 326 g/mol. The average Bonchev–Trinajstić information content (AvgIpc) is 3.11. The van der Waals surface area contributed by atoms with Crippen LogP contribution in [0, 0.1) is 0 Å². The highest BCUT2D eigenvalue weighted by Gasteiger charge is 2.16. The molecule has 1 atom stereocenters. The second kappa shape index (κ2) is 8.07. The molecule has 6 heteroatoms. The minimum Gasteiger partial charge on any atom is -0.379 e. The van der Waals surface area contributed by atoms with Crippen LogP contribution in [-0.2, 0) is 19.5 Å². The third-order valence-corrected chi connectivity index (χ3v) is 5.58. The molecule has 130 valence electrons. The third-order valence-electron chi connectivity index (χ3n) is 4.12. The van der Waals surface area contributed by atoms with Crippen LogP contribution < -0.4 is 4.72 Å². The van der Waals surface area contributed by atoms with Gasteiger partial charge in [-0.3, -0.25) is 0 Å². The smallest absolute Gasteiger partial charge is 0.240 e. The molecule has 1 saturated heterocycles. The predicted molar refractivity (Wildman–Crippen MR) is 93.5 cm³/mol. The SMILES string of the molecule is O=S(=O)(NCCCOCC1CCCO1)c1ccc2ccccc2c1. The van der Waals surface area contributed by atoms with E-state index in [9.17, 15) is 8.42 Å². The summed E-state index contributed by atoms with van der Waals surface area (Å²) in [6.45, 7) is 2.30. The number of sulfonamides is 1. The number of fused-ring (bicyclic) bond motifs is 1. The summed E-state index contributed by atoms with van der Waals surface area (Å²) in [5.41, 5.74) is 0. The lowest BCUT2D eigenvalue weighted by Gasteiger charge is -2.11. The van der Waals surface area contributed by atoms with Crippen molar-refractivity contribution in [2.75, 3.05) is 26.4 Å². The summed E-state index contributed by atoms with van der Waals surface area (Å²) in [7, 11) is -3.48. The number of nitrogens with one attached hydrogen (secondary N) is 1. The average molecular weight is 349 g/mol. The van der Waals surface area contributed by atoms with Crippen molar-refractivity contribution in [2.45, 2.75) is 30.3 Å². The zero-order valence-corrected chi connectivity index (χ0v) is 14.4. The van der Waals surface area contributed by atoms with Gasteiger partial charge in [-0.1, -0.05) is 30.3 Å². The second-order valence-electron chi connectivity index (χ2n) is 5.97. The van der Waals surface area contributed by atoms with Crippen molar-refractivity contribution in [2.24, 2.45) is 0 Å². The molecular formula is C18H23NO4S. The van der Waals surface area contributed by atoms with E-state index >= 15 is 0 Å². The van der Waals surface area contributed by atoms with Gasteiger partial charge >= 0.3 is 0 Å². The Kier molecular flexibility index (Phi) is 5.84. The van der Waals surface area contributed by atoms with Crippen LogP contribution >= 0.6 is 0 Å². The van der Waals surface area contributed by atoms with E-state index in [1.165, 1.54) is 0 Å².